The SMILES string of the molecule is CC[C@H](NC(=O)OC(C)(C)C)C(=O)NC1CCc2ccccc2NC1=O. The molecular weight excluding hydrogens is 334 g/mol. The molecule has 0 saturated heterocycles. The third kappa shape index (κ3) is 5.47. The van der Waals surface area contributed by atoms with Crippen molar-refractivity contribution in [2.24, 2.45) is 0 Å². The van der Waals surface area contributed by atoms with Gasteiger partial charge in [-0.2, -0.15) is 0 Å². The highest BCUT2D eigenvalue weighted by atomic mass is 16.6. The highest BCUT2D eigenvalue weighted by molar-refractivity contribution is 5.99. The number of anilines is 1. The Balaban J connectivity index is 1.97. The Labute approximate surface area is 153 Å². The van der Waals surface area contributed by atoms with Crippen LogP contribution in [-0.2, 0) is 20.7 Å². The molecule has 2 rings (SSSR count). The molecule has 0 saturated carbocycles. The van der Waals surface area contributed by atoms with Gasteiger partial charge < -0.3 is 20.7 Å². The van der Waals surface area contributed by atoms with Crippen LogP contribution in [0.3, 0.4) is 0 Å². The zero-order valence-corrected chi connectivity index (χ0v) is 15.7. The van der Waals surface area contributed by atoms with E-state index in [9.17, 15) is 14.4 Å². The number of hydrogen-bond donors (Lipinski definition) is 3. The number of nitrogens with one attached hydrogen (secondary N) is 3. The fourth-order valence-electron chi connectivity index (χ4n) is 2.72. The summed E-state index contributed by atoms with van der Waals surface area (Å²) in [6, 6.07) is 6.17. The highest BCUT2D eigenvalue weighted by Gasteiger charge is 2.29. The van der Waals surface area contributed by atoms with E-state index in [1.165, 1.54) is 0 Å². The van der Waals surface area contributed by atoms with Gasteiger partial charge in [0, 0.05) is 5.69 Å². The van der Waals surface area contributed by atoms with Gasteiger partial charge in [-0.3, -0.25) is 9.59 Å². The van der Waals surface area contributed by atoms with Crippen molar-refractivity contribution in [3.8, 4) is 0 Å². The molecule has 1 aromatic carbocycles. The van der Waals surface area contributed by atoms with Gasteiger partial charge in [0.25, 0.3) is 0 Å². The maximum Gasteiger partial charge on any atom is 0.408 e. The van der Waals surface area contributed by atoms with Gasteiger partial charge in [-0.05, 0) is 51.7 Å². The lowest BCUT2D eigenvalue weighted by Crippen LogP contribution is -2.52. The van der Waals surface area contributed by atoms with Gasteiger partial charge in [-0.15, -0.1) is 0 Å². The third-order valence-corrected chi connectivity index (χ3v) is 4.03. The molecule has 0 aromatic heterocycles. The average Bonchev–Trinajstić information content (AvgIpc) is 2.70. The third-order valence-electron chi connectivity index (χ3n) is 4.03. The normalized spacial score (nSPS) is 18.0. The largest absolute Gasteiger partial charge is 0.444 e. The number of carbonyl (C=O) groups excluding carboxylic acids is 3. The molecule has 0 fully saturated rings. The van der Waals surface area contributed by atoms with Crippen molar-refractivity contribution in [2.75, 3.05) is 5.32 Å². The lowest BCUT2D eigenvalue weighted by atomic mass is 10.1. The summed E-state index contributed by atoms with van der Waals surface area (Å²) in [5.41, 5.74) is 1.16. The van der Waals surface area contributed by atoms with Crippen LogP contribution in [0.5, 0.6) is 0 Å². The van der Waals surface area contributed by atoms with E-state index in [1.54, 1.807) is 27.7 Å². The number of rotatable bonds is 4. The number of ether oxygens (including phenoxy) is 1. The number of alkyl carbamates (subject to hydrolysis) is 1. The van der Waals surface area contributed by atoms with Crippen molar-refractivity contribution >= 4 is 23.6 Å². The quantitative estimate of drug-likeness (QED) is 0.767. The zero-order valence-electron chi connectivity index (χ0n) is 15.7. The summed E-state index contributed by atoms with van der Waals surface area (Å²) in [5.74, 6) is -0.653. The second-order valence-corrected chi connectivity index (χ2v) is 7.35. The van der Waals surface area contributed by atoms with Crippen LogP contribution >= 0.6 is 0 Å². The molecule has 7 heteroatoms. The van der Waals surface area contributed by atoms with Crippen molar-refractivity contribution in [1.82, 2.24) is 10.6 Å². The first-order chi connectivity index (χ1) is 12.2. The average molecular weight is 361 g/mol. The molecule has 2 atom stereocenters. The fourth-order valence-corrected chi connectivity index (χ4v) is 2.72. The van der Waals surface area contributed by atoms with Gasteiger partial charge in [0.05, 0.1) is 0 Å². The van der Waals surface area contributed by atoms with Crippen LogP contribution in [0, 0.1) is 0 Å². The number of hydrogen-bond acceptors (Lipinski definition) is 4. The second kappa shape index (κ2) is 8.21. The van der Waals surface area contributed by atoms with E-state index in [0.717, 1.165) is 11.3 Å². The fraction of sp³-hybridized carbons (Fsp3) is 0.526. The van der Waals surface area contributed by atoms with Crippen molar-refractivity contribution in [3.05, 3.63) is 29.8 Å². The Morgan fingerprint density at radius 1 is 1.31 bits per heavy atom. The van der Waals surface area contributed by atoms with Crippen molar-refractivity contribution in [3.63, 3.8) is 0 Å². The Morgan fingerprint density at radius 2 is 2.00 bits per heavy atom. The Kier molecular flexibility index (Phi) is 6.23. The van der Waals surface area contributed by atoms with Gasteiger partial charge in [-0.25, -0.2) is 4.79 Å². The van der Waals surface area contributed by atoms with Crippen LogP contribution in [0.15, 0.2) is 24.3 Å². The molecule has 1 aliphatic heterocycles. The molecule has 1 aromatic rings. The van der Waals surface area contributed by atoms with Crippen molar-refractivity contribution in [2.45, 2.75) is 64.6 Å². The van der Waals surface area contributed by atoms with E-state index >= 15 is 0 Å². The number of benzene rings is 1. The maximum absolute atomic E-state index is 12.5. The Bertz CT molecular complexity index is 682. The number of amides is 3. The lowest BCUT2D eigenvalue weighted by Gasteiger charge is -2.24. The smallest absolute Gasteiger partial charge is 0.408 e. The summed E-state index contributed by atoms with van der Waals surface area (Å²) in [6.45, 7) is 7.04. The van der Waals surface area contributed by atoms with Gasteiger partial charge in [0.2, 0.25) is 11.8 Å². The number of aryl methyl sites for hydroxylation is 1. The van der Waals surface area contributed by atoms with Crippen LogP contribution in [0.1, 0.15) is 46.1 Å². The Morgan fingerprint density at radius 3 is 2.65 bits per heavy atom. The Hall–Kier alpha value is -2.57. The molecule has 1 heterocycles. The first-order valence-corrected chi connectivity index (χ1v) is 8.88. The molecule has 7 nitrogen and oxygen atoms in total. The summed E-state index contributed by atoms with van der Waals surface area (Å²) < 4.78 is 5.18. The molecule has 0 spiro atoms. The summed E-state index contributed by atoms with van der Waals surface area (Å²) in [4.78, 5) is 36.8. The molecule has 3 N–H and O–H groups in total. The van der Waals surface area contributed by atoms with E-state index in [-0.39, 0.29) is 5.91 Å². The van der Waals surface area contributed by atoms with Gasteiger partial charge >= 0.3 is 6.09 Å². The van der Waals surface area contributed by atoms with Crippen LogP contribution in [0.4, 0.5) is 10.5 Å². The standard InChI is InChI=1S/C19H27N3O4/c1-5-13(22-18(25)26-19(2,3)4)16(23)21-15-11-10-12-8-6-7-9-14(12)20-17(15)24/h6-9,13,15H,5,10-11H2,1-4H3,(H,20,24)(H,21,23)(H,22,25)/t13-,15?/m0/s1. The lowest BCUT2D eigenvalue weighted by molar-refractivity contribution is -0.128. The van der Waals surface area contributed by atoms with E-state index < -0.39 is 29.7 Å². The van der Waals surface area contributed by atoms with Gasteiger partial charge in [-0.1, -0.05) is 25.1 Å². The monoisotopic (exact) mass is 361 g/mol. The molecule has 26 heavy (non-hydrogen) atoms. The number of para-hydroxylation sites is 1. The van der Waals surface area contributed by atoms with Crippen LogP contribution < -0.4 is 16.0 Å². The number of carbonyl (C=O) groups is 3. The zero-order chi connectivity index (χ0) is 19.3. The predicted octanol–water partition coefficient (Wildman–Crippen LogP) is 2.36. The van der Waals surface area contributed by atoms with Gasteiger partial charge in [0.15, 0.2) is 0 Å². The molecule has 0 aliphatic carbocycles. The summed E-state index contributed by atoms with van der Waals surface area (Å²) in [5, 5.41) is 8.14. The van der Waals surface area contributed by atoms with Crippen molar-refractivity contribution in [1.29, 1.82) is 0 Å². The van der Waals surface area contributed by atoms with Crippen LogP contribution in [-0.4, -0.2) is 35.6 Å². The van der Waals surface area contributed by atoms with Crippen molar-refractivity contribution < 1.29 is 19.1 Å². The molecule has 1 aliphatic rings. The molecule has 3 amide bonds. The topological polar surface area (TPSA) is 96.5 Å². The summed E-state index contributed by atoms with van der Waals surface area (Å²) >= 11 is 0. The van der Waals surface area contributed by atoms with E-state index in [1.807, 2.05) is 24.3 Å². The highest BCUT2D eigenvalue weighted by Crippen LogP contribution is 2.21. The number of fused-ring (bicyclic) bond motifs is 1. The van der Waals surface area contributed by atoms with E-state index in [0.29, 0.717) is 19.3 Å². The molecule has 1 unspecified atom stereocenters. The predicted molar refractivity (Wildman–Crippen MR) is 98.8 cm³/mol. The molecular formula is C19H27N3O4. The first-order valence-electron chi connectivity index (χ1n) is 8.88. The minimum atomic E-state index is -0.761. The van der Waals surface area contributed by atoms with Gasteiger partial charge in [0.1, 0.15) is 17.7 Å². The van der Waals surface area contributed by atoms with E-state index in [2.05, 4.69) is 16.0 Å². The first kappa shape index (κ1) is 19.8. The van der Waals surface area contributed by atoms with Crippen LogP contribution in [0.25, 0.3) is 0 Å². The minimum absolute atomic E-state index is 0.254. The summed E-state index contributed by atoms with van der Waals surface area (Å²) in [6.07, 6.45) is 0.907. The maximum atomic E-state index is 12.5. The minimum Gasteiger partial charge on any atom is -0.444 e. The summed E-state index contributed by atoms with van der Waals surface area (Å²) in [7, 11) is 0. The molecule has 142 valence electrons. The second-order valence-electron chi connectivity index (χ2n) is 7.35. The molecule has 0 radical (unpaired) electrons. The van der Waals surface area contributed by atoms with Crippen LogP contribution in [0.2, 0.25) is 0 Å². The molecule has 0 bridgehead atoms. The van der Waals surface area contributed by atoms with E-state index in [4.69, 9.17) is 4.74 Å².